The Morgan fingerprint density at radius 1 is 0.811 bits per heavy atom. The number of nitrogens with zero attached hydrogens (tertiary/aromatic N) is 2. The number of carbonyl (C=O) groups excluding carboxylic acids is 3. The van der Waals surface area contributed by atoms with Gasteiger partial charge in [0, 0.05) is 23.5 Å². The smallest absolute Gasteiger partial charge is 0.325 e. The number of hydrogen-bond donors (Lipinski definition) is 1. The van der Waals surface area contributed by atoms with Crippen molar-refractivity contribution in [1.82, 2.24) is 14.8 Å². The van der Waals surface area contributed by atoms with Crippen molar-refractivity contribution in [2.24, 2.45) is 0 Å². The van der Waals surface area contributed by atoms with E-state index >= 15 is 0 Å². The van der Waals surface area contributed by atoms with Gasteiger partial charge in [0.1, 0.15) is 0 Å². The van der Waals surface area contributed by atoms with Crippen LogP contribution in [0.25, 0.3) is 0 Å². The molecule has 37 heavy (non-hydrogen) atoms. The Morgan fingerprint density at radius 2 is 1.35 bits per heavy atom. The Labute approximate surface area is 216 Å². The first-order chi connectivity index (χ1) is 17.9. The molecule has 2 heterocycles. The van der Waals surface area contributed by atoms with Crippen LogP contribution in [0.1, 0.15) is 38.4 Å². The molecule has 0 unspecified atom stereocenters. The molecule has 3 amide bonds. The van der Waals surface area contributed by atoms with Gasteiger partial charge in [-0.3, -0.25) is 14.5 Å². The number of urea groups is 1. The molecule has 0 aliphatic carbocycles. The van der Waals surface area contributed by atoms with E-state index in [0.717, 1.165) is 29.3 Å². The van der Waals surface area contributed by atoms with Crippen LogP contribution in [0.3, 0.4) is 0 Å². The van der Waals surface area contributed by atoms with Gasteiger partial charge in [-0.2, -0.15) is 0 Å². The second kappa shape index (κ2) is 9.90. The van der Waals surface area contributed by atoms with Crippen molar-refractivity contribution in [1.29, 1.82) is 0 Å². The highest BCUT2D eigenvalue weighted by atomic mass is 16.2. The highest BCUT2D eigenvalue weighted by molar-refractivity contribution is 6.13. The molecular weight excluding hydrogens is 462 g/mol. The fourth-order valence-electron chi connectivity index (χ4n) is 5.20. The maximum Gasteiger partial charge on any atom is 0.325 e. The number of ketones is 1. The molecule has 1 aliphatic heterocycles. The SMILES string of the molecule is Cc1cc(C(=O)CN2C(=O)NC(c3ccccc3)(c3ccccc3)C2=O)c(C)n1CCc1ccccc1. The van der Waals surface area contributed by atoms with Crippen molar-refractivity contribution >= 4 is 17.7 Å². The average molecular weight is 492 g/mol. The highest BCUT2D eigenvalue weighted by Crippen LogP contribution is 2.36. The summed E-state index contributed by atoms with van der Waals surface area (Å²) in [7, 11) is 0. The molecule has 6 heteroatoms. The summed E-state index contributed by atoms with van der Waals surface area (Å²) >= 11 is 0. The van der Waals surface area contributed by atoms with Gasteiger partial charge in [-0.1, -0.05) is 91.0 Å². The summed E-state index contributed by atoms with van der Waals surface area (Å²) < 4.78 is 2.12. The van der Waals surface area contributed by atoms with Crippen molar-refractivity contribution in [3.63, 3.8) is 0 Å². The van der Waals surface area contributed by atoms with Gasteiger partial charge in [0.15, 0.2) is 11.3 Å². The van der Waals surface area contributed by atoms with Crippen molar-refractivity contribution in [2.75, 3.05) is 6.54 Å². The van der Waals surface area contributed by atoms with Crippen molar-refractivity contribution in [2.45, 2.75) is 32.4 Å². The maximum absolute atomic E-state index is 13.9. The van der Waals surface area contributed by atoms with Gasteiger partial charge in [-0.25, -0.2) is 4.79 Å². The van der Waals surface area contributed by atoms with E-state index in [-0.39, 0.29) is 12.3 Å². The topological polar surface area (TPSA) is 71.4 Å². The molecule has 1 N–H and O–H groups in total. The largest absolute Gasteiger partial charge is 0.348 e. The molecule has 1 aliphatic rings. The summed E-state index contributed by atoms with van der Waals surface area (Å²) in [5.74, 6) is -0.722. The minimum Gasteiger partial charge on any atom is -0.348 e. The van der Waals surface area contributed by atoms with Gasteiger partial charge in [0.25, 0.3) is 5.91 Å². The van der Waals surface area contributed by atoms with Crippen molar-refractivity contribution in [3.8, 4) is 0 Å². The zero-order valence-electron chi connectivity index (χ0n) is 21.0. The first-order valence-corrected chi connectivity index (χ1v) is 12.4. The standard InChI is InChI=1S/C31H29N3O3/c1-22-20-27(23(2)33(22)19-18-24-12-6-3-7-13-24)28(35)21-34-29(36)31(32-30(34)37,25-14-8-4-9-15-25)26-16-10-5-11-17-26/h3-17,20H,18-19,21H2,1-2H3,(H,32,37). The number of amides is 3. The fraction of sp³-hybridized carbons (Fsp3) is 0.194. The van der Waals surface area contributed by atoms with E-state index in [1.54, 1.807) is 0 Å². The number of nitrogens with one attached hydrogen (secondary N) is 1. The maximum atomic E-state index is 13.9. The molecule has 1 fully saturated rings. The van der Waals surface area contributed by atoms with E-state index in [0.29, 0.717) is 16.7 Å². The number of aryl methyl sites for hydroxylation is 2. The molecule has 1 saturated heterocycles. The number of Topliss-reactive ketones (excluding diaryl/α,β-unsaturated/α-hetero) is 1. The Balaban J connectivity index is 1.41. The lowest BCUT2D eigenvalue weighted by Gasteiger charge is -2.28. The molecule has 0 radical (unpaired) electrons. The van der Waals surface area contributed by atoms with Gasteiger partial charge >= 0.3 is 6.03 Å². The van der Waals surface area contributed by atoms with E-state index in [1.165, 1.54) is 5.56 Å². The molecule has 0 saturated carbocycles. The number of hydrogen-bond acceptors (Lipinski definition) is 3. The summed E-state index contributed by atoms with van der Waals surface area (Å²) in [4.78, 5) is 41.6. The van der Waals surface area contributed by atoms with Crippen LogP contribution >= 0.6 is 0 Å². The van der Waals surface area contributed by atoms with Gasteiger partial charge < -0.3 is 9.88 Å². The van der Waals surface area contributed by atoms with Crippen molar-refractivity contribution < 1.29 is 14.4 Å². The number of carbonyl (C=O) groups is 3. The first kappa shape index (κ1) is 24.3. The molecule has 0 atom stereocenters. The molecule has 186 valence electrons. The monoisotopic (exact) mass is 491 g/mol. The second-order valence-electron chi connectivity index (χ2n) is 9.40. The van der Waals surface area contributed by atoms with Gasteiger partial charge in [0.05, 0.1) is 6.54 Å². The number of benzene rings is 3. The number of aromatic nitrogens is 1. The third kappa shape index (κ3) is 4.35. The minimum absolute atomic E-state index is 0.264. The summed E-state index contributed by atoms with van der Waals surface area (Å²) in [6.45, 7) is 4.30. The molecule has 1 aromatic heterocycles. The third-order valence-corrected chi connectivity index (χ3v) is 7.16. The minimum atomic E-state index is -1.38. The van der Waals surface area contributed by atoms with E-state index in [4.69, 9.17) is 0 Å². The van der Waals surface area contributed by atoms with Crippen LogP contribution in [0.4, 0.5) is 4.79 Å². The Hall–Kier alpha value is -4.45. The Bertz CT molecular complexity index is 1400. The van der Waals surface area contributed by atoms with E-state index in [2.05, 4.69) is 22.0 Å². The van der Waals surface area contributed by atoms with Crippen LogP contribution < -0.4 is 5.32 Å². The van der Waals surface area contributed by atoms with Crippen LogP contribution in [0.15, 0.2) is 97.1 Å². The molecular formula is C31H29N3O3. The fourth-order valence-corrected chi connectivity index (χ4v) is 5.20. The summed E-state index contributed by atoms with van der Waals surface area (Å²) in [6.07, 6.45) is 0.842. The van der Waals surface area contributed by atoms with Gasteiger partial charge in [0.2, 0.25) is 0 Å². The second-order valence-corrected chi connectivity index (χ2v) is 9.40. The molecule has 3 aromatic carbocycles. The molecule has 5 rings (SSSR count). The molecule has 4 aromatic rings. The summed E-state index contributed by atoms with van der Waals surface area (Å²) in [5.41, 5.74) is 3.47. The lowest BCUT2D eigenvalue weighted by Crippen LogP contribution is -2.45. The Morgan fingerprint density at radius 3 is 1.92 bits per heavy atom. The normalized spacial score (nSPS) is 14.6. The lowest BCUT2D eigenvalue weighted by atomic mass is 9.82. The summed E-state index contributed by atoms with van der Waals surface area (Å²) in [5, 5.41) is 2.91. The van der Waals surface area contributed by atoms with E-state index in [9.17, 15) is 14.4 Å². The molecule has 0 spiro atoms. The average Bonchev–Trinajstić information content (AvgIpc) is 3.36. The number of rotatable bonds is 8. The van der Waals surface area contributed by atoms with Crippen LogP contribution in [-0.2, 0) is 23.3 Å². The van der Waals surface area contributed by atoms with Gasteiger partial charge in [-0.05, 0) is 43.0 Å². The lowest BCUT2D eigenvalue weighted by molar-refractivity contribution is -0.129. The van der Waals surface area contributed by atoms with Crippen LogP contribution in [0, 0.1) is 13.8 Å². The first-order valence-electron chi connectivity index (χ1n) is 12.4. The van der Waals surface area contributed by atoms with Crippen molar-refractivity contribution in [3.05, 3.63) is 131 Å². The van der Waals surface area contributed by atoms with Crippen LogP contribution in [0.2, 0.25) is 0 Å². The van der Waals surface area contributed by atoms with E-state index < -0.39 is 17.5 Å². The predicted molar refractivity (Wildman–Crippen MR) is 142 cm³/mol. The zero-order valence-corrected chi connectivity index (χ0v) is 21.0. The highest BCUT2D eigenvalue weighted by Gasteiger charge is 2.54. The third-order valence-electron chi connectivity index (χ3n) is 7.16. The summed E-state index contributed by atoms with van der Waals surface area (Å²) in [6, 6.07) is 29.8. The molecule has 6 nitrogen and oxygen atoms in total. The predicted octanol–water partition coefficient (Wildman–Crippen LogP) is 5.03. The number of imide groups is 1. The zero-order chi connectivity index (χ0) is 26.0. The molecule has 0 bridgehead atoms. The van der Waals surface area contributed by atoms with Crippen LogP contribution in [0.5, 0.6) is 0 Å². The van der Waals surface area contributed by atoms with Gasteiger partial charge in [-0.15, -0.1) is 0 Å². The quantitative estimate of drug-likeness (QED) is 0.278. The Kier molecular flexibility index (Phi) is 6.49. The van der Waals surface area contributed by atoms with E-state index in [1.807, 2.05) is 98.8 Å². The van der Waals surface area contributed by atoms with Crippen LogP contribution in [-0.4, -0.2) is 33.7 Å².